The number of halogens is 1. The fourth-order valence-corrected chi connectivity index (χ4v) is 4.03. The monoisotopic (exact) mass is 386 g/mol. The maximum Gasteiger partial charge on any atom is 0.134 e. The number of hydrogen-bond acceptors (Lipinski definition) is 6. The highest BCUT2D eigenvalue weighted by Crippen LogP contribution is 2.24. The van der Waals surface area contributed by atoms with Crippen molar-refractivity contribution in [1.29, 1.82) is 0 Å². The van der Waals surface area contributed by atoms with Gasteiger partial charge in [-0.1, -0.05) is 24.6 Å². The molecule has 0 atom stereocenters. The molecule has 0 aliphatic carbocycles. The smallest absolute Gasteiger partial charge is 0.134 e. The summed E-state index contributed by atoms with van der Waals surface area (Å²) in [6.07, 6.45) is 1.71. The van der Waals surface area contributed by atoms with Crippen LogP contribution >= 0.6 is 11.6 Å². The van der Waals surface area contributed by atoms with Crippen LogP contribution in [0.2, 0.25) is 5.02 Å². The molecule has 0 saturated carbocycles. The summed E-state index contributed by atoms with van der Waals surface area (Å²) >= 11 is 6.14. The molecule has 2 aromatic rings. The Kier molecular flexibility index (Phi) is 5.64. The standard InChI is InChI=1S/C20H27ClN6/c1-2-24-6-8-26(9-7-24)19-15-20(23-16-22-19)27-12-10-25(11-13-27)18-5-3-4-17(21)14-18/h3-5,14-16H,2,6-13H2,1H3. The molecule has 144 valence electrons. The molecular formula is C20H27ClN6. The number of nitrogens with zero attached hydrogens (tertiary/aromatic N) is 6. The molecule has 7 heteroatoms. The van der Waals surface area contributed by atoms with Gasteiger partial charge in [0.1, 0.15) is 18.0 Å². The third-order valence-electron chi connectivity index (χ3n) is 5.56. The van der Waals surface area contributed by atoms with Crippen LogP contribution in [0.5, 0.6) is 0 Å². The van der Waals surface area contributed by atoms with Crippen LogP contribution in [0.25, 0.3) is 0 Å². The number of hydrogen-bond donors (Lipinski definition) is 0. The van der Waals surface area contributed by atoms with E-state index < -0.39 is 0 Å². The number of anilines is 3. The first-order valence-corrected chi connectivity index (χ1v) is 10.2. The molecule has 0 N–H and O–H groups in total. The Balaban J connectivity index is 1.39. The fraction of sp³-hybridized carbons (Fsp3) is 0.500. The molecule has 2 fully saturated rings. The van der Waals surface area contributed by atoms with Gasteiger partial charge in [0.2, 0.25) is 0 Å². The van der Waals surface area contributed by atoms with E-state index in [1.54, 1.807) is 6.33 Å². The number of likely N-dealkylation sites (N-methyl/N-ethyl adjacent to an activating group) is 1. The zero-order valence-corrected chi connectivity index (χ0v) is 16.6. The second-order valence-electron chi connectivity index (χ2n) is 7.11. The van der Waals surface area contributed by atoms with Gasteiger partial charge in [-0.3, -0.25) is 0 Å². The lowest BCUT2D eigenvalue weighted by Crippen LogP contribution is -2.47. The Bertz CT molecular complexity index is 754. The average Bonchev–Trinajstić information content (AvgIpc) is 2.74. The molecule has 27 heavy (non-hydrogen) atoms. The van der Waals surface area contributed by atoms with Crippen molar-refractivity contribution >= 4 is 28.9 Å². The number of rotatable bonds is 4. The molecule has 2 aliphatic rings. The van der Waals surface area contributed by atoms with Crippen molar-refractivity contribution in [2.24, 2.45) is 0 Å². The summed E-state index contributed by atoms with van der Waals surface area (Å²) in [6, 6.07) is 10.2. The zero-order valence-electron chi connectivity index (χ0n) is 15.9. The quantitative estimate of drug-likeness (QED) is 0.804. The van der Waals surface area contributed by atoms with Crippen molar-refractivity contribution in [3.05, 3.63) is 41.7 Å². The van der Waals surface area contributed by atoms with Gasteiger partial charge >= 0.3 is 0 Å². The number of benzene rings is 1. The molecule has 3 heterocycles. The van der Waals surface area contributed by atoms with Crippen molar-refractivity contribution < 1.29 is 0 Å². The van der Waals surface area contributed by atoms with E-state index >= 15 is 0 Å². The van der Waals surface area contributed by atoms with E-state index in [-0.39, 0.29) is 0 Å². The molecule has 0 spiro atoms. The first kappa shape index (κ1) is 18.3. The number of aromatic nitrogens is 2. The average molecular weight is 387 g/mol. The first-order chi connectivity index (χ1) is 13.2. The van der Waals surface area contributed by atoms with Gasteiger partial charge in [0.25, 0.3) is 0 Å². The Morgan fingerprint density at radius 1 is 0.815 bits per heavy atom. The molecule has 0 radical (unpaired) electrons. The highest BCUT2D eigenvalue weighted by atomic mass is 35.5. The fourth-order valence-electron chi connectivity index (χ4n) is 3.84. The summed E-state index contributed by atoms with van der Waals surface area (Å²) in [7, 11) is 0. The van der Waals surface area contributed by atoms with Crippen LogP contribution in [0.1, 0.15) is 6.92 Å². The van der Waals surface area contributed by atoms with E-state index in [4.69, 9.17) is 11.6 Å². The Hall–Kier alpha value is -2.05. The molecule has 1 aromatic heterocycles. The van der Waals surface area contributed by atoms with Crippen molar-refractivity contribution in [2.75, 3.05) is 73.6 Å². The largest absolute Gasteiger partial charge is 0.368 e. The van der Waals surface area contributed by atoms with Crippen LogP contribution in [0.3, 0.4) is 0 Å². The van der Waals surface area contributed by atoms with E-state index in [9.17, 15) is 0 Å². The van der Waals surface area contributed by atoms with E-state index in [0.29, 0.717) is 0 Å². The molecule has 1 aromatic carbocycles. The minimum atomic E-state index is 0.790. The van der Waals surface area contributed by atoms with Gasteiger partial charge in [-0.25, -0.2) is 9.97 Å². The van der Waals surface area contributed by atoms with Crippen LogP contribution in [-0.4, -0.2) is 73.8 Å². The maximum absolute atomic E-state index is 6.14. The highest BCUT2D eigenvalue weighted by Gasteiger charge is 2.21. The number of piperazine rings is 2. The lowest BCUT2D eigenvalue weighted by Gasteiger charge is -2.37. The lowest BCUT2D eigenvalue weighted by atomic mass is 10.2. The van der Waals surface area contributed by atoms with Crippen molar-refractivity contribution in [3.8, 4) is 0 Å². The summed E-state index contributed by atoms with van der Waals surface area (Å²) in [6.45, 7) is 11.5. The van der Waals surface area contributed by atoms with Crippen LogP contribution in [0.15, 0.2) is 36.7 Å². The Labute approximate surface area is 166 Å². The third-order valence-corrected chi connectivity index (χ3v) is 5.79. The van der Waals surface area contributed by atoms with Gasteiger partial charge in [-0.15, -0.1) is 0 Å². The van der Waals surface area contributed by atoms with Gasteiger partial charge in [-0.05, 0) is 24.7 Å². The van der Waals surface area contributed by atoms with Gasteiger partial charge in [0, 0.05) is 69.1 Å². The molecule has 4 rings (SSSR count). The predicted molar refractivity (Wildman–Crippen MR) is 112 cm³/mol. The van der Waals surface area contributed by atoms with E-state index in [1.165, 1.54) is 5.69 Å². The molecule has 2 saturated heterocycles. The Morgan fingerprint density at radius 2 is 1.41 bits per heavy atom. The third kappa shape index (κ3) is 4.28. The summed E-state index contributed by atoms with van der Waals surface area (Å²) in [5.74, 6) is 2.08. The first-order valence-electron chi connectivity index (χ1n) is 9.78. The molecule has 2 aliphatic heterocycles. The summed E-state index contributed by atoms with van der Waals surface area (Å²) in [5.41, 5.74) is 1.19. The van der Waals surface area contributed by atoms with Crippen molar-refractivity contribution in [2.45, 2.75) is 6.92 Å². The Morgan fingerprint density at radius 3 is 2.00 bits per heavy atom. The lowest BCUT2D eigenvalue weighted by molar-refractivity contribution is 0.270. The second kappa shape index (κ2) is 8.31. The molecule has 6 nitrogen and oxygen atoms in total. The molecule has 0 unspecified atom stereocenters. The summed E-state index contributed by atoms with van der Waals surface area (Å²) < 4.78 is 0. The highest BCUT2D eigenvalue weighted by molar-refractivity contribution is 6.30. The van der Waals surface area contributed by atoms with Crippen LogP contribution in [0.4, 0.5) is 17.3 Å². The van der Waals surface area contributed by atoms with E-state index in [1.807, 2.05) is 18.2 Å². The molecule has 0 amide bonds. The summed E-state index contributed by atoms with van der Waals surface area (Å²) in [5, 5.41) is 0.790. The van der Waals surface area contributed by atoms with Crippen LogP contribution in [-0.2, 0) is 0 Å². The minimum Gasteiger partial charge on any atom is -0.368 e. The second-order valence-corrected chi connectivity index (χ2v) is 7.55. The van der Waals surface area contributed by atoms with Crippen LogP contribution in [0, 0.1) is 0 Å². The zero-order chi connectivity index (χ0) is 18.6. The molecule has 0 bridgehead atoms. The minimum absolute atomic E-state index is 0.790. The van der Waals surface area contributed by atoms with Crippen LogP contribution < -0.4 is 14.7 Å². The topological polar surface area (TPSA) is 38.7 Å². The van der Waals surface area contributed by atoms with E-state index in [2.05, 4.69) is 48.6 Å². The molecular weight excluding hydrogens is 360 g/mol. The summed E-state index contributed by atoms with van der Waals surface area (Å²) in [4.78, 5) is 18.7. The predicted octanol–water partition coefficient (Wildman–Crippen LogP) is 2.60. The van der Waals surface area contributed by atoms with Gasteiger partial charge in [-0.2, -0.15) is 0 Å². The SMILES string of the molecule is CCN1CCN(c2cc(N3CCN(c4cccc(Cl)c4)CC3)ncn2)CC1. The van der Waals surface area contributed by atoms with Gasteiger partial charge in [0.15, 0.2) is 0 Å². The van der Waals surface area contributed by atoms with Gasteiger partial charge < -0.3 is 19.6 Å². The maximum atomic E-state index is 6.14. The normalized spacial score (nSPS) is 18.8. The van der Waals surface area contributed by atoms with E-state index in [0.717, 1.165) is 75.6 Å². The van der Waals surface area contributed by atoms with Crippen molar-refractivity contribution in [1.82, 2.24) is 14.9 Å². The van der Waals surface area contributed by atoms with Crippen molar-refractivity contribution in [3.63, 3.8) is 0 Å². The van der Waals surface area contributed by atoms with Gasteiger partial charge in [0.05, 0.1) is 0 Å².